The molecule has 0 spiro atoms. The molecule has 2 aliphatic rings. The maximum atomic E-state index is 12.9. The Bertz CT molecular complexity index is 727. The molecule has 2 aromatic rings. The van der Waals surface area contributed by atoms with Crippen LogP contribution in [0.2, 0.25) is 0 Å². The first kappa shape index (κ1) is 14.8. The summed E-state index contributed by atoms with van der Waals surface area (Å²) >= 11 is 1.63. The topological polar surface area (TPSA) is 45.2 Å². The normalized spacial score (nSPS) is 23.8. The van der Waals surface area contributed by atoms with Gasteiger partial charge in [-0.05, 0) is 38.3 Å². The molecule has 2 fully saturated rings. The summed E-state index contributed by atoms with van der Waals surface area (Å²) in [5.74, 6) is 0.148. The lowest BCUT2D eigenvalue weighted by Crippen LogP contribution is -2.39. The summed E-state index contributed by atoms with van der Waals surface area (Å²) < 4.78 is 0. The number of hydrogen-bond acceptors (Lipinski definition) is 4. The van der Waals surface area contributed by atoms with Gasteiger partial charge in [-0.1, -0.05) is 12.1 Å². The highest BCUT2D eigenvalue weighted by Crippen LogP contribution is 2.26. The number of nitrogens with one attached hydrogen (secondary N) is 1. The molecule has 1 amide bonds. The Balaban J connectivity index is 1.56. The van der Waals surface area contributed by atoms with Crippen molar-refractivity contribution in [1.29, 1.82) is 0 Å². The molecule has 120 valence electrons. The molecule has 2 saturated heterocycles. The van der Waals surface area contributed by atoms with Crippen LogP contribution in [0.15, 0.2) is 29.6 Å². The Morgan fingerprint density at radius 1 is 1.30 bits per heavy atom. The van der Waals surface area contributed by atoms with Gasteiger partial charge in [-0.2, -0.15) is 0 Å². The van der Waals surface area contributed by atoms with Crippen molar-refractivity contribution < 1.29 is 4.79 Å². The van der Waals surface area contributed by atoms with E-state index < -0.39 is 0 Å². The number of benzene rings is 1. The van der Waals surface area contributed by atoms with Crippen LogP contribution in [0.5, 0.6) is 0 Å². The van der Waals surface area contributed by atoms with Gasteiger partial charge in [-0.3, -0.25) is 4.79 Å². The third-order valence-electron chi connectivity index (χ3n) is 4.79. The first-order valence-corrected chi connectivity index (χ1v) is 9.15. The van der Waals surface area contributed by atoms with Crippen molar-refractivity contribution in [2.24, 2.45) is 0 Å². The fraction of sp³-hybridized carbons (Fsp3) is 0.444. The van der Waals surface area contributed by atoms with E-state index in [0.717, 1.165) is 41.3 Å². The van der Waals surface area contributed by atoms with Crippen molar-refractivity contribution in [3.63, 3.8) is 0 Å². The fourth-order valence-electron chi connectivity index (χ4n) is 3.58. The van der Waals surface area contributed by atoms with E-state index in [-0.39, 0.29) is 5.91 Å². The van der Waals surface area contributed by atoms with E-state index in [1.807, 2.05) is 41.5 Å². The average molecular weight is 327 g/mol. The minimum atomic E-state index is 0.148. The molecule has 1 N–H and O–H groups in total. The molecule has 0 radical (unpaired) electrons. The monoisotopic (exact) mass is 327 g/mol. The molecule has 0 saturated carbocycles. The second kappa shape index (κ2) is 6.06. The number of fused-ring (bicyclic) bond motifs is 2. The first-order chi connectivity index (χ1) is 11.2. The van der Waals surface area contributed by atoms with Crippen LogP contribution in [0, 0.1) is 6.92 Å². The summed E-state index contributed by atoms with van der Waals surface area (Å²) in [5, 5.41) is 6.65. The number of rotatable bonds is 2. The highest BCUT2D eigenvalue weighted by molar-refractivity contribution is 7.13. The number of amides is 1. The van der Waals surface area contributed by atoms with Crippen LogP contribution < -0.4 is 5.32 Å². The number of aryl methyl sites for hydroxylation is 1. The third-order valence-corrected chi connectivity index (χ3v) is 5.80. The van der Waals surface area contributed by atoms with Crippen LogP contribution in [-0.2, 0) is 0 Å². The van der Waals surface area contributed by atoms with Crippen LogP contribution in [0.1, 0.15) is 35.3 Å². The summed E-state index contributed by atoms with van der Waals surface area (Å²) in [6, 6.07) is 8.96. The predicted molar refractivity (Wildman–Crippen MR) is 92.8 cm³/mol. The van der Waals surface area contributed by atoms with E-state index in [9.17, 15) is 4.79 Å². The van der Waals surface area contributed by atoms with Gasteiger partial charge in [0.1, 0.15) is 5.01 Å². The van der Waals surface area contributed by atoms with Gasteiger partial charge in [0.2, 0.25) is 0 Å². The van der Waals surface area contributed by atoms with Gasteiger partial charge < -0.3 is 10.2 Å². The van der Waals surface area contributed by atoms with Gasteiger partial charge in [-0.15, -0.1) is 11.3 Å². The smallest absolute Gasteiger partial charge is 0.253 e. The molecule has 4 rings (SSSR count). The molecule has 0 aliphatic carbocycles. The van der Waals surface area contributed by atoms with Crippen molar-refractivity contribution in [2.45, 2.75) is 38.3 Å². The van der Waals surface area contributed by atoms with Crippen LogP contribution in [0.3, 0.4) is 0 Å². The minimum Gasteiger partial charge on any atom is -0.337 e. The van der Waals surface area contributed by atoms with Crippen LogP contribution in [-0.4, -0.2) is 41.0 Å². The van der Waals surface area contributed by atoms with E-state index in [4.69, 9.17) is 0 Å². The molecular formula is C18H21N3OS. The SMILES string of the molecule is Cc1csc(-c2cccc(C(=O)N3CCC4CCC(C3)N4)c2)n1. The molecule has 3 heterocycles. The summed E-state index contributed by atoms with van der Waals surface area (Å²) in [5.41, 5.74) is 2.83. The number of nitrogens with zero attached hydrogens (tertiary/aromatic N) is 2. The molecule has 1 aromatic heterocycles. The van der Waals surface area contributed by atoms with Crippen molar-refractivity contribution in [2.75, 3.05) is 13.1 Å². The zero-order valence-electron chi connectivity index (χ0n) is 13.3. The quantitative estimate of drug-likeness (QED) is 0.922. The van der Waals surface area contributed by atoms with Gasteiger partial charge in [0.25, 0.3) is 5.91 Å². The van der Waals surface area contributed by atoms with Crippen LogP contribution >= 0.6 is 11.3 Å². The van der Waals surface area contributed by atoms with Gasteiger partial charge in [0.15, 0.2) is 0 Å². The number of aromatic nitrogens is 1. The van der Waals surface area contributed by atoms with E-state index in [2.05, 4.69) is 10.3 Å². The summed E-state index contributed by atoms with van der Waals surface area (Å²) in [4.78, 5) is 19.4. The van der Waals surface area contributed by atoms with Crippen LogP contribution in [0.25, 0.3) is 10.6 Å². The summed E-state index contributed by atoms with van der Waals surface area (Å²) in [6.45, 7) is 3.68. The lowest BCUT2D eigenvalue weighted by molar-refractivity contribution is 0.0748. The average Bonchev–Trinajstić information content (AvgIpc) is 3.12. The summed E-state index contributed by atoms with van der Waals surface area (Å²) in [7, 11) is 0. The number of thiazole rings is 1. The van der Waals surface area contributed by atoms with E-state index in [1.54, 1.807) is 11.3 Å². The van der Waals surface area contributed by atoms with Crippen molar-refractivity contribution in [1.82, 2.24) is 15.2 Å². The lowest BCUT2D eigenvalue weighted by Gasteiger charge is -2.24. The highest BCUT2D eigenvalue weighted by Gasteiger charge is 2.31. The van der Waals surface area contributed by atoms with E-state index in [0.29, 0.717) is 12.1 Å². The molecular weight excluding hydrogens is 306 g/mol. The maximum absolute atomic E-state index is 12.9. The molecule has 5 heteroatoms. The predicted octanol–water partition coefficient (Wildman–Crippen LogP) is 3.09. The second-order valence-electron chi connectivity index (χ2n) is 6.55. The maximum Gasteiger partial charge on any atom is 0.253 e. The number of likely N-dealkylation sites (tertiary alicyclic amines) is 1. The van der Waals surface area contributed by atoms with Crippen molar-refractivity contribution in [3.8, 4) is 10.6 Å². The molecule has 1 aromatic carbocycles. The molecule has 2 bridgehead atoms. The van der Waals surface area contributed by atoms with Gasteiger partial charge >= 0.3 is 0 Å². The fourth-order valence-corrected chi connectivity index (χ4v) is 4.38. The lowest BCUT2D eigenvalue weighted by atomic mass is 10.1. The minimum absolute atomic E-state index is 0.148. The largest absolute Gasteiger partial charge is 0.337 e. The standard InChI is InChI=1S/C18H21N3OS/c1-12-11-23-17(19-12)13-3-2-4-14(9-13)18(22)21-8-7-15-5-6-16(10-21)20-15/h2-4,9,11,15-16,20H,5-8,10H2,1H3. The van der Waals surface area contributed by atoms with Crippen molar-refractivity contribution >= 4 is 17.2 Å². The number of carbonyl (C=O) groups excluding carboxylic acids is 1. The van der Waals surface area contributed by atoms with Gasteiger partial charge in [0, 0.05) is 47.4 Å². The van der Waals surface area contributed by atoms with Crippen LogP contribution in [0.4, 0.5) is 0 Å². The third kappa shape index (κ3) is 3.03. The molecule has 2 unspecified atom stereocenters. The van der Waals surface area contributed by atoms with E-state index >= 15 is 0 Å². The molecule has 2 atom stereocenters. The molecule has 4 nitrogen and oxygen atoms in total. The Kier molecular flexibility index (Phi) is 3.91. The Morgan fingerprint density at radius 3 is 3.00 bits per heavy atom. The Morgan fingerprint density at radius 2 is 2.17 bits per heavy atom. The molecule has 2 aliphatic heterocycles. The van der Waals surface area contributed by atoms with E-state index in [1.165, 1.54) is 12.8 Å². The number of carbonyl (C=O) groups is 1. The first-order valence-electron chi connectivity index (χ1n) is 8.27. The molecule has 23 heavy (non-hydrogen) atoms. The Hall–Kier alpha value is -1.72. The van der Waals surface area contributed by atoms with Gasteiger partial charge in [-0.25, -0.2) is 4.98 Å². The van der Waals surface area contributed by atoms with Gasteiger partial charge in [0.05, 0.1) is 0 Å². The highest BCUT2D eigenvalue weighted by atomic mass is 32.1. The zero-order valence-corrected chi connectivity index (χ0v) is 14.1. The number of hydrogen-bond donors (Lipinski definition) is 1. The second-order valence-corrected chi connectivity index (χ2v) is 7.41. The zero-order chi connectivity index (χ0) is 15.8. The van der Waals surface area contributed by atoms with Crippen molar-refractivity contribution in [3.05, 3.63) is 40.9 Å². The summed E-state index contributed by atoms with van der Waals surface area (Å²) in [6.07, 6.45) is 3.51. The Labute approximate surface area is 140 Å².